The first-order chi connectivity index (χ1) is 7.92. The molecule has 0 aromatic rings. The largest absolute Gasteiger partial charge is 0.415 e. The lowest BCUT2D eigenvalue weighted by atomic mass is 9.93. The average molecular weight is 259 g/mol. The summed E-state index contributed by atoms with van der Waals surface area (Å²) in [7, 11) is -1.35. The van der Waals surface area contributed by atoms with Gasteiger partial charge in [0, 0.05) is 6.10 Å². The molecule has 1 nitrogen and oxygen atoms in total. The molecule has 0 N–H and O–H groups in total. The third kappa shape index (κ3) is 9.84. The minimum absolute atomic E-state index is 0.511. The highest BCUT2D eigenvalue weighted by Gasteiger charge is 2.20. The van der Waals surface area contributed by atoms with Gasteiger partial charge in [-0.25, -0.2) is 0 Å². The van der Waals surface area contributed by atoms with Crippen LogP contribution in [0.25, 0.3) is 0 Å². The van der Waals surface area contributed by atoms with Crippen LogP contribution in [0.2, 0.25) is 19.6 Å². The second-order valence-corrected chi connectivity index (χ2v) is 10.7. The van der Waals surface area contributed by atoms with Crippen LogP contribution in [0.4, 0.5) is 0 Å². The number of rotatable bonds is 10. The highest BCUT2D eigenvalue weighted by Crippen LogP contribution is 2.22. The zero-order valence-corrected chi connectivity index (χ0v) is 14.0. The fourth-order valence-electron chi connectivity index (χ4n) is 2.31. The smallest absolute Gasteiger partial charge is 0.184 e. The normalized spacial score (nSPS) is 15.9. The summed E-state index contributed by atoms with van der Waals surface area (Å²) in [5, 5.41) is 0. The molecule has 2 unspecified atom stereocenters. The van der Waals surface area contributed by atoms with Crippen LogP contribution in [0, 0.1) is 5.92 Å². The van der Waals surface area contributed by atoms with E-state index in [4.69, 9.17) is 4.43 Å². The van der Waals surface area contributed by atoms with E-state index in [1.54, 1.807) is 0 Å². The molecule has 0 bridgehead atoms. The molecule has 0 saturated carbocycles. The minimum atomic E-state index is -1.35. The third-order valence-electron chi connectivity index (χ3n) is 3.42. The Kier molecular flexibility index (Phi) is 9.25. The molecule has 0 rings (SSSR count). The molecular formula is C15H34OSi. The summed E-state index contributed by atoms with van der Waals surface area (Å²) in [6.45, 7) is 13.8. The van der Waals surface area contributed by atoms with Gasteiger partial charge in [0.05, 0.1) is 0 Å². The van der Waals surface area contributed by atoms with Crippen molar-refractivity contribution < 1.29 is 4.43 Å². The highest BCUT2D eigenvalue weighted by atomic mass is 28.4. The van der Waals surface area contributed by atoms with Crippen molar-refractivity contribution in [2.24, 2.45) is 5.92 Å². The first kappa shape index (κ1) is 17.2. The third-order valence-corrected chi connectivity index (χ3v) is 4.46. The van der Waals surface area contributed by atoms with Crippen molar-refractivity contribution in [1.29, 1.82) is 0 Å². The van der Waals surface area contributed by atoms with Crippen LogP contribution < -0.4 is 0 Å². The Labute approximate surface area is 110 Å². The van der Waals surface area contributed by atoms with Gasteiger partial charge in [0.25, 0.3) is 0 Å². The zero-order chi connectivity index (χ0) is 13.3. The number of hydrogen-bond donors (Lipinski definition) is 0. The Bertz CT molecular complexity index is 174. The van der Waals surface area contributed by atoms with E-state index < -0.39 is 8.32 Å². The molecule has 0 spiro atoms. The quantitative estimate of drug-likeness (QED) is 0.463. The highest BCUT2D eigenvalue weighted by molar-refractivity contribution is 6.69. The molecule has 0 heterocycles. The summed E-state index contributed by atoms with van der Waals surface area (Å²) in [6, 6.07) is 0. The van der Waals surface area contributed by atoms with Gasteiger partial charge in [-0.15, -0.1) is 0 Å². The van der Waals surface area contributed by atoms with E-state index in [9.17, 15) is 0 Å². The second-order valence-electron chi connectivity index (χ2n) is 6.25. The predicted octanol–water partition coefficient (Wildman–Crippen LogP) is 5.61. The van der Waals surface area contributed by atoms with Gasteiger partial charge in [-0.2, -0.15) is 0 Å². The van der Waals surface area contributed by atoms with Gasteiger partial charge in [-0.1, -0.05) is 46.5 Å². The molecule has 0 fully saturated rings. The molecule has 0 amide bonds. The van der Waals surface area contributed by atoms with Crippen molar-refractivity contribution >= 4 is 8.32 Å². The average Bonchev–Trinajstić information content (AvgIpc) is 2.26. The van der Waals surface area contributed by atoms with E-state index in [0.29, 0.717) is 6.10 Å². The summed E-state index contributed by atoms with van der Waals surface area (Å²) in [4.78, 5) is 0. The second kappa shape index (κ2) is 9.15. The number of hydrogen-bond acceptors (Lipinski definition) is 1. The van der Waals surface area contributed by atoms with E-state index in [2.05, 4.69) is 40.4 Å². The molecule has 0 aliphatic heterocycles. The maximum absolute atomic E-state index is 6.23. The van der Waals surface area contributed by atoms with Crippen LogP contribution in [0.15, 0.2) is 0 Å². The van der Waals surface area contributed by atoms with Crippen molar-refractivity contribution in [2.45, 2.75) is 91.5 Å². The van der Waals surface area contributed by atoms with Crippen molar-refractivity contribution in [3.05, 3.63) is 0 Å². The SMILES string of the molecule is CCCCC(CC)CCC(CC)O[Si](C)(C)C. The van der Waals surface area contributed by atoms with E-state index in [0.717, 1.165) is 5.92 Å². The Morgan fingerprint density at radius 3 is 1.94 bits per heavy atom. The molecule has 0 aliphatic rings. The summed E-state index contributed by atoms with van der Waals surface area (Å²) >= 11 is 0. The summed E-state index contributed by atoms with van der Waals surface area (Å²) in [6.07, 6.45) is 9.79. The van der Waals surface area contributed by atoms with Gasteiger partial charge in [0.15, 0.2) is 8.32 Å². The Hall–Kier alpha value is 0.177. The summed E-state index contributed by atoms with van der Waals surface area (Å²) < 4.78 is 6.23. The topological polar surface area (TPSA) is 9.23 Å². The molecule has 2 atom stereocenters. The lowest BCUT2D eigenvalue weighted by molar-refractivity contribution is 0.166. The molecule has 0 saturated heterocycles. The Morgan fingerprint density at radius 2 is 1.53 bits per heavy atom. The van der Waals surface area contributed by atoms with Gasteiger partial charge in [-0.05, 0) is 44.8 Å². The maximum Gasteiger partial charge on any atom is 0.184 e. The number of unbranched alkanes of at least 4 members (excludes halogenated alkanes) is 1. The summed E-state index contributed by atoms with van der Waals surface area (Å²) in [5.74, 6) is 0.925. The van der Waals surface area contributed by atoms with Crippen molar-refractivity contribution in [3.8, 4) is 0 Å². The molecule has 0 aliphatic carbocycles. The molecular weight excluding hydrogens is 224 g/mol. The molecule has 0 aromatic heterocycles. The van der Waals surface area contributed by atoms with Crippen LogP contribution in [-0.4, -0.2) is 14.4 Å². The van der Waals surface area contributed by atoms with Gasteiger partial charge in [0.2, 0.25) is 0 Å². The predicted molar refractivity (Wildman–Crippen MR) is 81.1 cm³/mol. The fraction of sp³-hybridized carbons (Fsp3) is 1.00. The fourth-order valence-corrected chi connectivity index (χ4v) is 3.60. The van der Waals surface area contributed by atoms with Crippen molar-refractivity contribution in [2.75, 3.05) is 0 Å². The molecule has 2 heteroatoms. The van der Waals surface area contributed by atoms with Crippen LogP contribution in [0.3, 0.4) is 0 Å². The van der Waals surface area contributed by atoms with Gasteiger partial charge < -0.3 is 4.43 Å². The molecule has 17 heavy (non-hydrogen) atoms. The maximum atomic E-state index is 6.23. The lowest BCUT2D eigenvalue weighted by Gasteiger charge is -2.27. The lowest BCUT2D eigenvalue weighted by Crippen LogP contribution is -2.32. The van der Waals surface area contributed by atoms with Crippen LogP contribution in [0.5, 0.6) is 0 Å². The van der Waals surface area contributed by atoms with Crippen LogP contribution >= 0.6 is 0 Å². The first-order valence-corrected chi connectivity index (χ1v) is 11.0. The monoisotopic (exact) mass is 258 g/mol. The van der Waals surface area contributed by atoms with E-state index in [-0.39, 0.29) is 0 Å². The van der Waals surface area contributed by atoms with Crippen LogP contribution in [-0.2, 0) is 4.43 Å². The van der Waals surface area contributed by atoms with E-state index >= 15 is 0 Å². The Balaban J connectivity index is 3.94. The van der Waals surface area contributed by atoms with Gasteiger partial charge in [-0.3, -0.25) is 0 Å². The van der Waals surface area contributed by atoms with Crippen LogP contribution in [0.1, 0.15) is 65.7 Å². The first-order valence-electron chi connectivity index (χ1n) is 7.60. The minimum Gasteiger partial charge on any atom is -0.415 e. The molecule has 0 aromatic carbocycles. The Morgan fingerprint density at radius 1 is 0.882 bits per heavy atom. The molecule has 104 valence electrons. The van der Waals surface area contributed by atoms with E-state index in [1.165, 1.54) is 44.9 Å². The van der Waals surface area contributed by atoms with Gasteiger partial charge in [0.1, 0.15) is 0 Å². The standard InChI is InChI=1S/C15H34OSi/c1-7-10-11-14(8-2)12-13-15(9-3)16-17(4,5)6/h14-15H,7-13H2,1-6H3. The van der Waals surface area contributed by atoms with Gasteiger partial charge >= 0.3 is 0 Å². The zero-order valence-electron chi connectivity index (χ0n) is 13.0. The summed E-state index contributed by atoms with van der Waals surface area (Å²) in [5.41, 5.74) is 0. The van der Waals surface area contributed by atoms with Crippen molar-refractivity contribution in [1.82, 2.24) is 0 Å². The van der Waals surface area contributed by atoms with Crippen molar-refractivity contribution in [3.63, 3.8) is 0 Å². The molecule has 0 radical (unpaired) electrons. The van der Waals surface area contributed by atoms with E-state index in [1.807, 2.05) is 0 Å².